The van der Waals surface area contributed by atoms with Gasteiger partial charge in [-0.25, -0.2) is 4.79 Å². The molecule has 0 radical (unpaired) electrons. The highest BCUT2D eigenvalue weighted by atomic mass is 16.5. The molecule has 6 nitrogen and oxygen atoms in total. The summed E-state index contributed by atoms with van der Waals surface area (Å²) in [5, 5.41) is 12.4. The number of piperazine rings is 1. The van der Waals surface area contributed by atoms with E-state index in [9.17, 15) is 4.79 Å². The Morgan fingerprint density at radius 2 is 2.09 bits per heavy atom. The molecule has 1 amide bonds. The lowest BCUT2D eigenvalue weighted by atomic mass is 10.1. The Morgan fingerprint density at radius 1 is 1.36 bits per heavy atom. The van der Waals surface area contributed by atoms with E-state index in [0.717, 1.165) is 31.9 Å². The van der Waals surface area contributed by atoms with Crippen molar-refractivity contribution >= 4 is 11.8 Å². The van der Waals surface area contributed by atoms with Gasteiger partial charge >= 0.3 is 6.09 Å². The number of rotatable bonds is 6. The molecule has 0 unspecified atom stereocenters. The quantitative estimate of drug-likeness (QED) is 0.786. The number of methoxy groups -OCH3 is 1. The average molecular weight is 307 g/mol. The lowest BCUT2D eigenvalue weighted by molar-refractivity contribution is 0.0711. The maximum atomic E-state index is 11.1. The molecular formula is C16H25N3O3. The van der Waals surface area contributed by atoms with Crippen LogP contribution in [-0.4, -0.2) is 66.9 Å². The molecule has 2 rings (SSSR count). The third kappa shape index (κ3) is 4.61. The third-order valence-corrected chi connectivity index (χ3v) is 3.95. The summed E-state index contributed by atoms with van der Waals surface area (Å²) in [5.74, 6) is 0. The van der Waals surface area contributed by atoms with E-state index in [4.69, 9.17) is 9.84 Å². The summed E-state index contributed by atoms with van der Waals surface area (Å²) in [6, 6.07) is 8.41. The second-order valence-electron chi connectivity index (χ2n) is 5.68. The van der Waals surface area contributed by atoms with Gasteiger partial charge in [-0.3, -0.25) is 4.90 Å². The molecule has 0 bridgehead atoms. The second kappa shape index (κ2) is 8.00. The van der Waals surface area contributed by atoms with Crippen LogP contribution in [0.3, 0.4) is 0 Å². The zero-order valence-corrected chi connectivity index (χ0v) is 13.3. The number of benzene rings is 1. The van der Waals surface area contributed by atoms with E-state index in [1.807, 2.05) is 6.92 Å². The molecule has 1 fully saturated rings. The Labute approximate surface area is 131 Å². The highest BCUT2D eigenvalue weighted by Crippen LogP contribution is 2.15. The van der Waals surface area contributed by atoms with Gasteiger partial charge in [-0.1, -0.05) is 12.1 Å². The van der Waals surface area contributed by atoms with Crippen molar-refractivity contribution in [3.8, 4) is 0 Å². The summed E-state index contributed by atoms with van der Waals surface area (Å²) in [6.45, 7) is 6.44. The van der Waals surface area contributed by atoms with Crippen molar-refractivity contribution in [3.05, 3.63) is 29.8 Å². The maximum absolute atomic E-state index is 11.1. The van der Waals surface area contributed by atoms with Gasteiger partial charge in [0, 0.05) is 51.6 Å². The van der Waals surface area contributed by atoms with E-state index in [2.05, 4.69) is 34.5 Å². The van der Waals surface area contributed by atoms with Crippen molar-refractivity contribution in [1.82, 2.24) is 9.80 Å². The topological polar surface area (TPSA) is 65.0 Å². The summed E-state index contributed by atoms with van der Waals surface area (Å²) in [6.07, 6.45) is -0.821. The van der Waals surface area contributed by atoms with Crippen LogP contribution in [0.4, 0.5) is 10.5 Å². The second-order valence-corrected chi connectivity index (χ2v) is 5.68. The highest BCUT2D eigenvalue weighted by molar-refractivity contribution is 5.65. The first kappa shape index (κ1) is 16.6. The largest absolute Gasteiger partial charge is 0.465 e. The molecule has 1 atom stereocenters. The van der Waals surface area contributed by atoms with Crippen LogP contribution in [0, 0.1) is 0 Å². The van der Waals surface area contributed by atoms with Gasteiger partial charge in [0.15, 0.2) is 0 Å². The van der Waals surface area contributed by atoms with Crippen LogP contribution in [0.5, 0.6) is 0 Å². The molecule has 1 heterocycles. The molecule has 2 N–H and O–H groups in total. The molecule has 1 aromatic carbocycles. The van der Waals surface area contributed by atoms with Gasteiger partial charge in [0.05, 0.1) is 6.61 Å². The normalized spacial score (nSPS) is 19.2. The molecule has 1 aliphatic rings. The van der Waals surface area contributed by atoms with Gasteiger partial charge < -0.3 is 20.1 Å². The number of carbonyl (C=O) groups is 1. The van der Waals surface area contributed by atoms with Crippen LogP contribution in [0.1, 0.15) is 12.5 Å². The van der Waals surface area contributed by atoms with Crippen molar-refractivity contribution in [2.75, 3.05) is 45.2 Å². The first-order valence-corrected chi connectivity index (χ1v) is 7.64. The maximum Gasteiger partial charge on any atom is 0.407 e. The zero-order chi connectivity index (χ0) is 15.9. The van der Waals surface area contributed by atoms with E-state index in [1.54, 1.807) is 7.11 Å². The Balaban J connectivity index is 1.83. The van der Waals surface area contributed by atoms with Gasteiger partial charge in [-0.15, -0.1) is 0 Å². The van der Waals surface area contributed by atoms with E-state index < -0.39 is 6.09 Å². The van der Waals surface area contributed by atoms with Crippen LogP contribution >= 0.6 is 0 Å². The van der Waals surface area contributed by atoms with Crippen LogP contribution in [-0.2, 0) is 11.3 Å². The predicted octanol–water partition coefficient (Wildman–Crippen LogP) is 1.93. The molecule has 1 aromatic rings. The van der Waals surface area contributed by atoms with Gasteiger partial charge in [0.2, 0.25) is 0 Å². The van der Waals surface area contributed by atoms with Gasteiger partial charge in [-0.05, 0) is 24.6 Å². The van der Waals surface area contributed by atoms with Gasteiger partial charge in [0.25, 0.3) is 0 Å². The summed E-state index contributed by atoms with van der Waals surface area (Å²) < 4.78 is 5.01. The number of ether oxygens (including phenoxy) is 1. The van der Waals surface area contributed by atoms with Crippen molar-refractivity contribution in [1.29, 1.82) is 0 Å². The average Bonchev–Trinajstić information content (AvgIpc) is 2.49. The minimum Gasteiger partial charge on any atom is -0.465 e. The lowest BCUT2D eigenvalue weighted by Crippen LogP contribution is -2.53. The molecule has 0 aromatic heterocycles. The number of anilines is 1. The molecule has 0 spiro atoms. The number of hydrogen-bond donors (Lipinski definition) is 2. The fourth-order valence-electron chi connectivity index (χ4n) is 2.74. The van der Waals surface area contributed by atoms with Crippen molar-refractivity contribution in [2.45, 2.75) is 19.5 Å². The first-order chi connectivity index (χ1) is 10.6. The highest BCUT2D eigenvalue weighted by Gasteiger charge is 2.26. The summed E-state index contributed by atoms with van der Waals surface area (Å²) >= 11 is 0. The number of carboxylic acid groups (broad SMARTS) is 1. The van der Waals surface area contributed by atoms with Crippen molar-refractivity contribution < 1.29 is 14.6 Å². The molecule has 0 aliphatic carbocycles. The van der Waals surface area contributed by atoms with Gasteiger partial charge in [0.1, 0.15) is 0 Å². The fraction of sp³-hybridized carbons (Fsp3) is 0.562. The third-order valence-electron chi connectivity index (χ3n) is 3.95. The van der Waals surface area contributed by atoms with Crippen LogP contribution in [0.2, 0.25) is 0 Å². The van der Waals surface area contributed by atoms with E-state index in [1.165, 1.54) is 10.5 Å². The summed E-state index contributed by atoms with van der Waals surface area (Å²) in [5.41, 5.74) is 2.33. The summed E-state index contributed by atoms with van der Waals surface area (Å²) in [7, 11) is 1.69. The van der Waals surface area contributed by atoms with Crippen LogP contribution in [0.15, 0.2) is 24.3 Å². The minimum atomic E-state index is -0.821. The molecule has 1 saturated heterocycles. The predicted molar refractivity (Wildman–Crippen MR) is 86.3 cm³/mol. The lowest BCUT2D eigenvalue weighted by Gasteiger charge is -2.38. The van der Waals surface area contributed by atoms with E-state index in [-0.39, 0.29) is 6.04 Å². The van der Waals surface area contributed by atoms with E-state index >= 15 is 0 Å². The minimum absolute atomic E-state index is 0.0428. The number of nitrogens with zero attached hydrogens (tertiary/aromatic N) is 2. The van der Waals surface area contributed by atoms with Crippen molar-refractivity contribution in [3.63, 3.8) is 0 Å². The number of nitrogens with one attached hydrogen (secondary N) is 1. The SMILES string of the molecule is COCCNc1ccc(CN2CCN(C(=O)O)[C@@H](C)C2)cc1. The molecule has 6 heteroatoms. The standard InChI is InChI=1S/C16H25N3O3/c1-13-11-18(8-9-19(13)16(20)21)12-14-3-5-15(6-4-14)17-7-10-22-2/h3-6,13,17H,7-12H2,1-2H3,(H,20,21)/t13-/m0/s1. The molecule has 122 valence electrons. The monoisotopic (exact) mass is 307 g/mol. The van der Waals surface area contributed by atoms with Gasteiger partial charge in [-0.2, -0.15) is 0 Å². The Morgan fingerprint density at radius 3 is 2.68 bits per heavy atom. The first-order valence-electron chi connectivity index (χ1n) is 7.64. The number of amides is 1. The Hall–Kier alpha value is -1.79. The summed E-state index contributed by atoms with van der Waals surface area (Å²) in [4.78, 5) is 14.9. The smallest absolute Gasteiger partial charge is 0.407 e. The Bertz CT molecular complexity index is 478. The molecule has 0 saturated carbocycles. The zero-order valence-electron chi connectivity index (χ0n) is 13.3. The van der Waals surface area contributed by atoms with E-state index in [0.29, 0.717) is 13.2 Å². The number of hydrogen-bond acceptors (Lipinski definition) is 4. The van der Waals surface area contributed by atoms with Crippen LogP contribution < -0.4 is 5.32 Å². The Kier molecular flexibility index (Phi) is 6.03. The molecule has 1 aliphatic heterocycles. The van der Waals surface area contributed by atoms with Crippen LogP contribution in [0.25, 0.3) is 0 Å². The molecular weight excluding hydrogens is 282 g/mol. The fourth-order valence-corrected chi connectivity index (χ4v) is 2.74. The van der Waals surface area contributed by atoms with Crippen molar-refractivity contribution in [2.24, 2.45) is 0 Å². The molecule has 22 heavy (non-hydrogen) atoms.